The molecule has 0 bridgehead atoms. The fraction of sp³-hybridized carbons (Fsp3) is 0.143. The number of hydrogen-bond donors (Lipinski definition) is 1. The molecule has 0 aliphatic heterocycles. The van der Waals surface area contributed by atoms with Crippen LogP contribution in [0.5, 0.6) is 0 Å². The Bertz CT molecular complexity index is 593. The largest absolute Gasteiger partial charge is 0.417 e. The van der Waals surface area contributed by atoms with E-state index in [9.17, 15) is 17.6 Å². The molecule has 0 aliphatic carbocycles. The van der Waals surface area contributed by atoms with Crippen molar-refractivity contribution in [3.05, 3.63) is 63.9 Å². The van der Waals surface area contributed by atoms with Gasteiger partial charge in [-0.15, -0.1) is 0 Å². The summed E-state index contributed by atoms with van der Waals surface area (Å²) in [5, 5.41) is 2.88. The SMILES string of the molecule is Fc1ccc(CNc2ccc(Br)c(C(F)(F)F)c2)cc1. The third-order valence-electron chi connectivity index (χ3n) is 2.68. The molecule has 106 valence electrons. The average molecular weight is 348 g/mol. The predicted octanol–water partition coefficient (Wildman–Crippen LogP) is 5.22. The highest BCUT2D eigenvalue weighted by Gasteiger charge is 2.33. The third-order valence-corrected chi connectivity index (χ3v) is 3.37. The van der Waals surface area contributed by atoms with Crippen LogP contribution in [-0.2, 0) is 12.7 Å². The summed E-state index contributed by atoms with van der Waals surface area (Å²) in [6.45, 7) is 0.319. The van der Waals surface area contributed by atoms with Crippen LogP contribution in [0.2, 0.25) is 0 Å². The fourth-order valence-corrected chi connectivity index (χ4v) is 2.13. The maximum Gasteiger partial charge on any atom is 0.417 e. The van der Waals surface area contributed by atoms with E-state index in [4.69, 9.17) is 0 Å². The van der Waals surface area contributed by atoms with Crippen molar-refractivity contribution in [2.24, 2.45) is 0 Å². The van der Waals surface area contributed by atoms with Crippen molar-refractivity contribution < 1.29 is 17.6 Å². The molecule has 0 aliphatic rings. The van der Waals surface area contributed by atoms with Gasteiger partial charge in [-0.05, 0) is 35.9 Å². The summed E-state index contributed by atoms with van der Waals surface area (Å²) in [6, 6.07) is 9.68. The van der Waals surface area contributed by atoms with Crippen LogP contribution in [0.25, 0.3) is 0 Å². The highest BCUT2D eigenvalue weighted by molar-refractivity contribution is 9.10. The van der Waals surface area contributed by atoms with Crippen LogP contribution in [-0.4, -0.2) is 0 Å². The van der Waals surface area contributed by atoms with Gasteiger partial charge in [-0.2, -0.15) is 13.2 Å². The molecule has 0 saturated heterocycles. The van der Waals surface area contributed by atoms with Crippen molar-refractivity contribution in [3.63, 3.8) is 0 Å². The summed E-state index contributed by atoms with van der Waals surface area (Å²) in [5.41, 5.74) is 0.398. The van der Waals surface area contributed by atoms with Gasteiger partial charge in [0.25, 0.3) is 0 Å². The lowest BCUT2D eigenvalue weighted by molar-refractivity contribution is -0.138. The summed E-state index contributed by atoms with van der Waals surface area (Å²) in [4.78, 5) is 0. The van der Waals surface area contributed by atoms with Crippen molar-refractivity contribution in [2.45, 2.75) is 12.7 Å². The minimum absolute atomic E-state index is 0.00247. The molecule has 0 amide bonds. The highest BCUT2D eigenvalue weighted by Crippen LogP contribution is 2.36. The van der Waals surface area contributed by atoms with Crippen molar-refractivity contribution >= 4 is 21.6 Å². The monoisotopic (exact) mass is 347 g/mol. The molecule has 0 saturated carbocycles. The first kappa shape index (κ1) is 14.8. The lowest BCUT2D eigenvalue weighted by Gasteiger charge is -2.12. The quantitative estimate of drug-likeness (QED) is 0.750. The molecule has 0 fully saturated rings. The Morgan fingerprint density at radius 3 is 2.25 bits per heavy atom. The number of halogens is 5. The van der Waals surface area contributed by atoms with Gasteiger partial charge in [0, 0.05) is 16.7 Å². The van der Waals surface area contributed by atoms with E-state index in [1.165, 1.54) is 18.2 Å². The smallest absolute Gasteiger partial charge is 0.381 e. The van der Waals surface area contributed by atoms with Crippen LogP contribution in [0.3, 0.4) is 0 Å². The molecule has 2 rings (SSSR count). The van der Waals surface area contributed by atoms with E-state index in [0.29, 0.717) is 12.2 Å². The summed E-state index contributed by atoms with van der Waals surface area (Å²) in [6.07, 6.45) is -4.41. The second-order valence-electron chi connectivity index (χ2n) is 4.17. The molecule has 1 nitrogen and oxygen atoms in total. The highest BCUT2D eigenvalue weighted by atomic mass is 79.9. The van der Waals surface area contributed by atoms with Crippen molar-refractivity contribution in [2.75, 3.05) is 5.32 Å². The van der Waals surface area contributed by atoms with Crippen molar-refractivity contribution in [1.82, 2.24) is 0 Å². The lowest BCUT2D eigenvalue weighted by atomic mass is 10.1. The summed E-state index contributed by atoms with van der Waals surface area (Å²) in [7, 11) is 0. The lowest BCUT2D eigenvalue weighted by Crippen LogP contribution is -2.07. The summed E-state index contributed by atoms with van der Waals surface area (Å²) in [5.74, 6) is -0.350. The molecule has 2 aromatic carbocycles. The normalized spacial score (nSPS) is 11.4. The van der Waals surface area contributed by atoms with Gasteiger partial charge in [-0.25, -0.2) is 4.39 Å². The summed E-state index contributed by atoms with van der Waals surface area (Å²) >= 11 is 2.88. The Balaban J connectivity index is 2.12. The molecule has 0 heterocycles. The van der Waals surface area contributed by atoms with E-state index >= 15 is 0 Å². The topological polar surface area (TPSA) is 12.0 Å². The molecule has 0 unspecified atom stereocenters. The molecule has 6 heteroatoms. The Morgan fingerprint density at radius 2 is 1.65 bits per heavy atom. The number of rotatable bonds is 3. The van der Waals surface area contributed by atoms with E-state index in [-0.39, 0.29) is 10.3 Å². The van der Waals surface area contributed by atoms with Gasteiger partial charge >= 0.3 is 6.18 Å². The van der Waals surface area contributed by atoms with E-state index in [0.717, 1.165) is 11.6 Å². The van der Waals surface area contributed by atoms with Crippen molar-refractivity contribution in [1.29, 1.82) is 0 Å². The van der Waals surface area contributed by atoms with Crippen LogP contribution in [0.1, 0.15) is 11.1 Å². The second kappa shape index (κ2) is 5.83. The van der Waals surface area contributed by atoms with Gasteiger partial charge in [0.05, 0.1) is 5.56 Å². The Labute approximate surface area is 121 Å². The maximum atomic E-state index is 12.7. The van der Waals surface area contributed by atoms with Crippen LogP contribution in [0, 0.1) is 5.82 Å². The van der Waals surface area contributed by atoms with Gasteiger partial charge in [-0.3, -0.25) is 0 Å². The zero-order chi connectivity index (χ0) is 14.8. The second-order valence-corrected chi connectivity index (χ2v) is 5.03. The van der Waals surface area contributed by atoms with Gasteiger partial charge < -0.3 is 5.32 Å². The first-order valence-corrected chi connectivity index (χ1v) is 6.50. The van der Waals surface area contributed by atoms with Gasteiger partial charge in [-0.1, -0.05) is 28.1 Å². The standard InChI is InChI=1S/C14H10BrF4N/c15-13-6-5-11(7-12(13)14(17,18)19)20-8-9-1-3-10(16)4-2-9/h1-7,20H,8H2. The number of nitrogens with one attached hydrogen (secondary N) is 1. The van der Waals surface area contributed by atoms with Crippen LogP contribution < -0.4 is 5.32 Å². The summed E-state index contributed by atoms with van der Waals surface area (Å²) < 4.78 is 50.9. The van der Waals surface area contributed by atoms with Crippen LogP contribution >= 0.6 is 15.9 Å². The fourth-order valence-electron chi connectivity index (χ4n) is 1.66. The molecule has 0 aromatic heterocycles. The Kier molecular flexibility index (Phi) is 4.32. The van der Waals surface area contributed by atoms with E-state index in [1.807, 2.05) is 0 Å². The maximum absolute atomic E-state index is 12.7. The zero-order valence-corrected chi connectivity index (χ0v) is 11.7. The molecule has 0 spiro atoms. The number of alkyl halides is 3. The first-order chi connectivity index (χ1) is 9.36. The van der Waals surface area contributed by atoms with Crippen LogP contribution in [0.15, 0.2) is 46.9 Å². The third kappa shape index (κ3) is 3.72. The van der Waals surface area contributed by atoms with E-state index in [1.54, 1.807) is 18.2 Å². The van der Waals surface area contributed by atoms with Crippen LogP contribution in [0.4, 0.5) is 23.2 Å². The average Bonchev–Trinajstić information content (AvgIpc) is 2.38. The van der Waals surface area contributed by atoms with Gasteiger partial charge in [0.15, 0.2) is 0 Å². The minimum atomic E-state index is -4.41. The molecule has 0 atom stereocenters. The molecular formula is C14H10BrF4N. The number of benzene rings is 2. The van der Waals surface area contributed by atoms with Gasteiger partial charge in [0.1, 0.15) is 5.82 Å². The molecular weight excluding hydrogens is 338 g/mol. The van der Waals surface area contributed by atoms with E-state index in [2.05, 4.69) is 21.2 Å². The first-order valence-electron chi connectivity index (χ1n) is 5.71. The number of anilines is 1. The molecule has 0 radical (unpaired) electrons. The van der Waals surface area contributed by atoms with Gasteiger partial charge in [0.2, 0.25) is 0 Å². The Morgan fingerprint density at radius 1 is 1.00 bits per heavy atom. The minimum Gasteiger partial charge on any atom is -0.381 e. The Hall–Kier alpha value is -1.56. The van der Waals surface area contributed by atoms with Crippen molar-refractivity contribution in [3.8, 4) is 0 Å². The molecule has 2 aromatic rings. The molecule has 1 N–H and O–H groups in total. The zero-order valence-electron chi connectivity index (χ0n) is 10.1. The number of hydrogen-bond acceptors (Lipinski definition) is 1. The molecule has 20 heavy (non-hydrogen) atoms. The van der Waals surface area contributed by atoms with E-state index < -0.39 is 11.7 Å². The predicted molar refractivity (Wildman–Crippen MR) is 72.9 cm³/mol.